The van der Waals surface area contributed by atoms with Crippen LogP contribution in [0.4, 0.5) is 4.39 Å². The molecule has 2 aromatic rings. The fourth-order valence-electron chi connectivity index (χ4n) is 8.54. The fourth-order valence-corrected chi connectivity index (χ4v) is 8.54. The average molecular weight is 497 g/mol. The van der Waals surface area contributed by atoms with Gasteiger partial charge in [0.05, 0.1) is 50.2 Å². The topological polar surface area (TPSA) is 71.8 Å². The van der Waals surface area contributed by atoms with Gasteiger partial charge in [-0.15, -0.1) is 0 Å². The minimum Gasteiger partial charge on any atom is -0.392 e. The van der Waals surface area contributed by atoms with Gasteiger partial charge in [0, 0.05) is 36.8 Å². The van der Waals surface area contributed by atoms with Crippen molar-refractivity contribution in [3.63, 3.8) is 0 Å². The second-order valence-electron chi connectivity index (χ2n) is 11.9. The van der Waals surface area contributed by atoms with Crippen LogP contribution in [0.3, 0.4) is 0 Å². The zero-order valence-corrected chi connectivity index (χ0v) is 20.8. The lowest BCUT2D eigenvalue weighted by Gasteiger charge is -2.61. The summed E-state index contributed by atoms with van der Waals surface area (Å²) in [7, 11) is 0. The average Bonchev–Trinajstić information content (AvgIpc) is 3.46. The number of benzene rings is 1. The molecule has 7 nitrogen and oxygen atoms in total. The van der Waals surface area contributed by atoms with E-state index in [1.165, 1.54) is 18.9 Å². The Kier molecular flexibility index (Phi) is 5.93. The van der Waals surface area contributed by atoms with Crippen molar-refractivity contribution in [2.75, 3.05) is 39.5 Å². The first-order valence-electron chi connectivity index (χ1n) is 13.8. The van der Waals surface area contributed by atoms with Gasteiger partial charge in [0.1, 0.15) is 5.82 Å². The van der Waals surface area contributed by atoms with Crippen molar-refractivity contribution in [1.29, 1.82) is 0 Å². The maximum Gasteiger partial charge on any atom is 0.129 e. The monoisotopic (exact) mass is 496 g/mol. The number of hydrogen-bond donors (Lipinski definition) is 2. The lowest BCUT2D eigenvalue weighted by atomic mass is 9.46. The van der Waals surface area contributed by atoms with Gasteiger partial charge in [-0.3, -0.25) is 4.90 Å². The largest absolute Gasteiger partial charge is 0.392 e. The van der Waals surface area contributed by atoms with E-state index in [1.54, 1.807) is 12.4 Å². The Balaban J connectivity index is 1.02. The van der Waals surface area contributed by atoms with Gasteiger partial charge in [-0.25, -0.2) is 9.37 Å². The van der Waals surface area contributed by atoms with E-state index in [0.29, 0.717) is 42.4 Å². The molecular weight excluding hydrogens is 459 g/mol. The molecule has 8 heteroatoms. The lowest BCUT2D eigenvalue weighted by Crippen LogP contribution is -2.61. The molecule has 1 saturated heterocycles. The molecular formula is C28H37FN4O3. The van der Waals surface area contributed by atoms with Gasteiger partial charge in [0.25, 0.3) is 0 Å². The molecule has 4 atom stereocenters. The van der Waals surface area contributed by atoms with Crippen molar-refractivity contribution >= 4 is 0 Å². The molecule has 1 aromatic heterocycles. The Morgan fingerprint density at radius 3 is 2.81 bits per heavy atom. The Morgan fingerprint density at radius 1 is 1.19 bits per heavy atom. The summed E-state index contributed by atoms with van der Waals surface area (Å²) in [4.78, 5) is 12.7. The molecule has 3 heterocycles. The number of morpholine rings is 1. The molecule has 8 rings (SSSR count). The highest BCUT2D eigenvalue weighted by atomic mass is 19.1. The first-order valence-corrected chi connectivity index (χ1v) is 13.8. The van der Waals surface area contributed by atoms with Crippen molar-refractivity contribution in [3.05, 3.63) is 42.1 Å². The summed E-state index contributed by atoms with van der Waals surface area (Å²) in [5, 5.41) is 11.8. The van der Waals surface area contributed by atoms with Crippen molar-refractivity contribution in [2.45, 2.75) is 56.7 Å². The molecule has 2 aliphatic heterocycles. The number of halogens is 1. The predicted molar refractivity (Wildman–Crippen MR) is 133 cm³/mol. The molecule has 4 bridgehead atoms. The first-order chi connectivity index (χ1) is 17.6. The number of nitrogens with one attached hydrogen (secondary N) is 1. The fraction of sp³-hybridized carbons (Fsp3) is 0.679. The highest BCUT2D eigenvalue weighted by Crippen LogP contribution is 2.62. The number of aromatic nitrogens is 2. The van der Waals surface area contributed by atoms with E-state index < -0.39 is 6.10 Å². The van der Waals surface area contributed by atoms with Gasteiger partial charge in [0.2, 0.25) is 0 Å². The van der Waals surface area contributed by atoms with Crippen LogP contribution in [0.2, 0.25) is 0 Å². The first kappa shape index (κ1) is 23.3. The van der Waals surface area contributed by atoms with Crippen LogP contribution >= 0.6 is 0 Å². The van der Waals surface area contributed by atoms with Crippen molar-refractivity contribution in [1.82, 2.24) is 19.9 Å². The number of imidazole rings is 1. The summed E-state index contributed by atoms with van der Waals surface area (Å²) >= 11 is 0. The molecule has 4 aliphatic carbocycles. The standard InChI is InChI=1S/C28H37FN4O3/c29-22-3-1-2-21-24-16-30-17-33(24)23(26(21)22)12-25(34)28-13-18-10-19(14-28)27(20(11-18)15-28)31-36-9-6-32-4-7-35-8-5-32/h1-3,16-20,23,25,27,31,34H,4-15H2. The Bertz CT molecular complexity index is 1090. The number of nitrogens with zero attached hydrogens (tertiary/aromatic N) is 3. The summed E-state index contributed by atoms with van der Waals surface area (Å²) in [5.74, 6) is 1.56. The van der Waals surface area contributed by atoms with E-state index in [4.69, 9.17) is 9.57 Å². The number of aliphatic hydroxyl groups is 1. The number of fused-ring (bicyclic) bond motifs is 3. The second kappa shape index (κ2) is 9.17. The SMILES string of the molecule is OC(CC1c2c(F)cccc2-c2cncn21)C12CC3CC(C1)C(NOCCN1CCOCC1)C(C3)C2. The van der Waals surface area contributed by atoms with Crippen molar-refractivity contribution in [3.8, 4) is 11.3 Å². The Morgan fingerprint density at radius 2 is 2.00 bits per heavy atom. The molecule has 0 spiro atoms. The summed E-state index contributed by atoms with van der Waals surface area (Å²) < 4.78 is 22.5. The van der Waals surface area contributed by atoms with Crippen LogP contribution in [-0.2, 0) is 9.57 Å². The van der Waals surface area contributed by atoms with Gasteiger partial charge >= 0.3 is 0 Å². The molecule has 2 N–H and O–H groups in total. The Hall–Kier alpha value is -1.84. The third-order valence-electron chi connectivity index (χ3n) is 9.97. The second-order valence-corrected chi connectivity index (χ2v) is 11.9. The van der Waals surface area contributed by atoms with Crippen molar-refractivity contribution < 1.29 is 19.1 Å². The van der Waals surface area contributed by atoms with Crippen LogP contribution in [0.1, 0.15) is 50.1 Å². The van der Waals surface area contributed by atoms with Crippen LogP contribution in [0.15, 0.2) is 30.7 Å². The van der Waals surface area contributed by atoms with Crippen LogP contribution in [0.5, 0.6) is 0 Å². The minimum atomic E-state index is -0.459. The number of ether oxygens (including phenoxy) is 1. The van der Waals surface area contributed by atoms with E-state index in [0.717, 1.165) is 63.4 Å². The van der Waals surface area contributed by atoms with Gasteiger partial charge in [-0.2, -0.15) is 5.48 Å². The van der Waals surface area contributed by atoms with Gasteiger partial charge < -0.3 is 19.2 Å². The summed E-state index contributed by atoms with van der Waals surface area (Å²) in [6, 6.07) is 5.45. The molecule has 1 aromatic carbocycles. The van der Waals surface area contributed by atoms with Crippen LogP contribution in [-0.4, -0.2) is 71.2 Å². The zero-order chi connectivity index (χ0) is 24.3. The highest BCUT2D eigenvalue weighted by Gasteiger charge is 2.58. The van der Waals surface area contributed by atoms with E-state index in [9.17, 15) is 9.50 Å². The minimum absolute atomic E-state index is 0.0722. The molecule has 5 fully saturated rings. The van der Waals surface area contributed by atoms with Crippen LogP contribution in [0.25, 0.3) is 11.3 Å². The predicted octanol–water partition coefficient (Wildman–Crippen LogP) is 3.39. The zero-order valence-electron chi connectivity index (χ0n) is 20.8. The van der Waals surface area contributed by atoms with E-state index in [1.807, 2.05) is 12.3 Å². The van der Waals surface area contributed by atoms with Gasteiger partial charge in [-0.05, 0) is 67.8 Å². The number of aliphatic hydroxyl groups excluding tert-OH is 1. The number of hydroxylamine groups is 1. The van der Waals surface area contributed by atoms with E-state index in [2.05, 4.69) is 19.9 Å². The molecule has 0 radical (unpaired) electrons. The molecule has 4 unspecified atom stereocenters. The highest BCUT2D eigenvalue weighted by molar-refractivity contribution is 5.69. The third-order valence-corrected chi connectivity index (χ3v) is 9.97. The summed E-state index contributed by atoms with van der Waals surface area (Å²) in [5.41, 5.74) is 5.97. The van der Waals surface area contributed by atoms with Crippen LogP contribution in [0, 0.1) is 29.0 Å². The molecule has 194 valence electrons. The van der Waals surface area contributed by atoms with Crippen molar-refractivity contribution in [2.24, 2.45) is 23.2 Å². The number of rotatable bonds is 8. The lowest BCUT2D eigenvalue weighted by molar-refractivity contribution is -0.162. The number of hydrogen-bond acceptors (Lipinski definition) is 6. The quantitative estimate of drug-likeness (QED) is 0.431. The third kappa shape index (κ3) is 3.84. The maximum absolute atomic E-state index is 15.0. The molecule has 0 amide bonds. The van der Waals surface area contributed by atoms with Gasteiger partial charge in [0.15, 0.2) is 0 Å². The smallest absolute Gasteiger partial charge is 0.129 e. The van der Waals surface area contributed by atoms with E-state index in [-0.39, 0.29) is 17.3 Å². The summed E-state index contributed by atoms with van der Waals surface area (Å²) in [6.45, 7) is 5.21. The maximum atomic E-state index is 15.0. The molecule has 36 heavy (non-hydrogen) atoms. The summed E-state index contributed by atoms with van der Waals surface area (Å²) in [6.07, 6.45) is 9.28. The molecule has 4 saturated carbocycles. The van der Waals surface area contributed by atoms with E-state index >= 15 is 0 Å². The Labute approximate surface area is 211 Å². The van der Waals surface area contributed by atoms with Crippen LogP contribution < -0.4 is 5.48 Å². The normalized spacial score (nSPS) is 35.7. The van der Waals surface area contributed by atoms with Gasteiger partial charge in [-0.1, -0.05) is 12.1 Å². The molecule has 6 aliphatic rings.